The second kappa shape index (κ2) is 64.9. The van der Waals surface area contributed by atoms with Crippen LogP contribution < -0.4 is 0 Å². The molecule has 0 aromatic carbocycles. The molecule has 0 saturated carbocycles. The molecule has 0 aromatic heterocycles. The fourth-order valence-corrected chi connectivity index (χ4v) is 10.1. The van der Waals surface area contributed by atoms with Crippen molar-refractivity contribution in [2.75, 3.05) is 13.2 Å². The van der Waals surface area contributed by atoms with Gasteiger partial charge in [0.2, 0.25) is 0 Å². The Hall–Kier alpha value is -2.63. The lowest BCUT2D eigenvalue weighted by Crippen LogP contribution is -2.30. The molecule has 76 heavy (non-hydrogen) atoms. The molecule has 0 aromatic rings. The maximum absolute atomic E-state index is 12.8. The van der Waals surface area contributed by atoms with Crippen molar-refractivity contribution >= 4 is 17.9 Å². The first-order valence-corrected chi connectivity index (χ1v) is 33.6. The second-order valence-corrected chi connectivity index (χ2v) is 22.7. The average molecular weight is 1070 g/mol. The molecule has 0 N–H and O–H groups in total. The van der Waals surface area contributed by atoms with Gasteiger partial charge in [-0.3, -0.25) is 14.4 Å². The van der Waals surface area contributed by atoms with Crippen LogP contribution in [-0.2, 0) is 28.6 Å². The molecule has 6 heteroatoms. The standard InChI is InChI=1S/C70H128O6/c1-4-7-10-13-16-19-22-25-26-27-28-29-30-31-32-33-34-35-36-37-38-39-40-41-42-43-44-46-48-51-54-57-60-63-69(72)75-66-67(65-74-68(71)62-59-56-53-50-47-24-21-18-15-12-9-6-3)76-70(73)64-61-58-55-52-49-45-23-20-17-14-11-8-5-2/h8,11,17,20,45,49,55,58,67H,4-7,9-10,12-16,18-19,21-44,46-48,50-54,56-57,59-66H2,1-3H3/b11-8-,20-17-,49-45-,58-55-. The van der Waals surface area contributed by atoms with Crippen molar-refractivity contribution in [3.63, 3.8) is 0 Å². The highest BCUT2D eigenvalue weighted by Gasteiger charge is 2.19. The van der Waals surface area contributed by atoms with Gasteiger partial charge >= 0.3 is 17.9 Å². The summed E-state index contributed by atoms with van der Waals surface area (Å²) in [6.07, 6.45) is 81.8. The number of rotatable bonds is 62. The zero-order chi connectivity index (χ0) is 55.0. The minimum atomic E-state index is -0.807. The maximum atomic E-state index is 12.8. The summed E-state index contributed by atoms with van der Waals surface area (Å²) in [6, 6.07) is 0. The molecule has 0 aliphatic heterocycles. The molecule has 6 nitrogen and oxygen atoms in total. The van der Waals surface area contributed by atoms with Gasteiger partial charge in [0.15, 0.2) is 6.10 Å². The first-order chi connectivity index (χ1) is 37.5. The third-order valence-corrected chi connectivity index (χ3v) is 15.1. The Labute approximate surface area is 473 Å². The van der Waals surface area contributed by atoms with Crippen LogP contribution in [0.1, 0.15) is 361 Å². The summed E-state index contributed by atoms with van der Waals surface area (Å²) < 4.78 is 16.8. The van der Waals surface area contributed by atoms with E-state index in [0.29, 0.717) is 19.3 Å². The highest BCUT2D eigenvalue weighted by atomic mass is 16.6. The number of unbranched alkanes of at least 4 members (excludes halogenated alkanes) is 43. The molecule has 444 valence electrons. The molecule has 0 fully saturated rings. The molecule has 0 rings (SSSR count). The van der Waals surface area contributed by atoms with Crippen LogP contribution in [0.25, 0.3) is 0 Å². The third kappa shape index (κ3) is 62.2. The van der Waals surface area contributed by atoms with Gasteiger partial charge in [0.1, 0.15) is 13.2 Å². The average Bonchev–Trinajstić information content (AvgIpc) is 3.42. The topological polar surface area (TPSA) is 78.9 Å². The van der Waals surface area contributed by atoms with Gasteiger partial charge < -0.3 is 14.2 Å². The highest BCUT2D eigenvalue weighted by Crippen LogP contribution is 2.18. The smallest absolute Gasteiger partial charge is 0.306 e. The fraction of sp³-hybridized carbons (Fsp3) is 0.843. The Kier molecular flexibility index (Phi) is 62.6. The van der Waals surface area contributed by atoms with Gasteiger partial charge in [-0.05, 0) is 44.9 Å². The Balaban J connectivity index is 4.05. The van der Waals surface area contributed by atoms with E-state index in [1.54, 1.807) is 0 Å². The van der Waals surface area contributed by atoms with Gasteiger partial charge in [-0.1, -0.05) is 345 Å². The third-order valence-electron chi connectivity index (χ3n) is 15.1. The highest BCUT2D eigenvalue weighted by molar-refractivity contribution is 5.71. The predicted octanol–water partition coefficient (Wildman–Crippen LogP) is 22.9. The Morgan fingerprint density at radius 1 is 0.276 bits per heavy atom. The molecular weight excluding hydrogens is 937 g/mol. The van der Waals surface area contributed by atoms with Crippen LogP contribution in [0.4, 0.5) is 0 Å². The van der Waals surface area contributed by atoms with E-state index in [0.717, 1.165) is 64.2 Å². The van der Waals surface area contributed by atoms with Gasteiger partial charge in [-0.15, -0.1) is 0 Å². The number of hydrogen-bond donors (Lipinski definition) is 0. The van der Waals surface area contributed by atoms with Crippen molar-refractivity contribution in [2.24, 2.45) is 0 Å². The summed E-state index contributed by atoms with van der Waals surface area (Å²) in [6.45, 7) is 6.51. The van der Waals surface area contributed by atoms with Crippen LogP contribution in [-0.4, -0.2) is 37.2 Å². The maximum Gasteiger partial charge on any atom is 0.306 e. The van der Waals surface area contributed by atoms with Crippen LogP contribution in [0.5, 0.6) is 0 Å². The van der Waals surface area contributed by atoms with Gasteiger partial charge in [0.05, 0.1) is 0 Å². The van der Waals surface area contributed by atoms with E-state index in [1.807, 2.05) is 6.08 Å². The van der Waals surface area contributed by atoms with Gasteiger partial charge in [0.25, 0.3) is 0 Å². The van der Waals surface area contributed by atoms with Crippen LogP contribution >= 0.6 is 0 Å². The number of carbonyl (C=O) groups excluding carboxylic acids is 3. The number of esters is 3. The van der Waals surface area contributed by atoms with Crippen molar-refractivity contribution in [2.45, 2.75) is 367 Å². The Morgan fingerprint density at radius 3 is 0.776 bits per heavy atom. The van der Waals surface area contributed by atoms with Gasteiger partial charge in [-0.2, -0.15) is 0 Å². The lowest BCUT2D eigenvalue weighted by Gasteiger charge is -2.18. The van der Waals surface area contributed by atoms with E-state index in [9.17, 15) is 14.4 Å². The SMILES string of the molecule is CC/C=C\C/C=C\C/C=C\C/C=C\CCC(=O)OC(COC(=O)CCCCCCCCCCCCCC)COC(=O)CCCCCCCCCCCCCCCCCCCCCCCCCCCCCCCCCCC. The van der Waals surface area contributed by atoms with E-state index in [-0.39, 0.29) is 37.5 Å². The van der Waals surface area contributed by atoms with Crippen LogP contribution in [0, 0.1) is 0 Å². The molecule has 0 saturated heterocycles. The van der Waals surface area contributed by atoms with E-state index in [4.69, 9.17) is 14.2 Å². The molecule has 0 heterocycles. The van der Waals surface area contributed by atoms with Crippen molar-refractivity contribution in [3.05, 3.63) is 48.6 Å². The van der Waals surface area contributed by atoms with E-state index in [1.165, 1.54) is 250 Å². The molecule has 1 atom stereocenters. The summed E-state index contributed by atoms with van der Waals surface area (Å²) in [5.74, 6) is -0.961. The van der Waals surface area contributed by atoms with Crippen molar-refractivity contribution in [1.82, 2.24) is 0 Å². The summed E-state index contributed by atoms with van der Waals surface area (Å²) in [5, 5.41) is 0. The molecule has 0 aliphatic carbocycles. The largest absolute Gasteiger partial charge is 0.462 e. The molecule has 0 radical (unpaired) electrons. The molecule has 0 amide bonds. The van der Waals surface area contributed by atoms with E-state index >= 15 is 0 Å². The predicted molar refractivity (Wildman–Crippen MR) is 330 cm³/mol. The van der Waals surface area contributed by atoms with Gasteiger partial charge in [-0.25, -0.2) is 0 Å². The number of allylic oxidation sites excluding steroid dienone is 8. The van der Waals surface area contributed by atoms with Crippen molar-refractivity contribution < 1.29 is 28.6 Å². The van der Waals surface area contributed by atoms with Crippen molar-refractivity contribution in [3.8, 4) is 0 Å². The van der Waals surface area contributed by atoms with Gasteiger partial charge in [0, 0.05) is 19.3 Å². The quantitative estimate of drug-likeness (QED) is 0.0261. The zero-order valence-electron chi connectivity index (χ0n) is 51.0. The number of ether oxygens (including phenoxy) is 3. The first-order valence-electron chi connectivity index (χ1n) is 33.6. The van der Waals surface area contributed by atoms with Crippen LogP contribution in [0.3, 0.4) is 0 Å². The minimum absolute atomic E-state index is 0.0971. The monoisotopic (exact) mass is 1060 g/mol. The Morgan fingerprint density at radius 2 is 0.513 bits per heavy atom. The van der Waals surface area contributed by atoms with Crippen molar-refractivity contribution in [1.29, 1.82) is 0 Å². The second-order valence-electron chi connectivity index (χ2n) is 22.7. The molecule has 0 aliphatic rings. The Bertz CT molecular complexity index is 1310. The molecule has 0 spiro atoms. The number of carbonyl (C=O) groups is 3. The summed E-state index contributed by atoms with van der Waals surface area (Å²) in [7, 11) is 0. The summed E-state index contributed by atoms with van der Waals surface area (Å²) >= 11 is 0. The lowest BCUT2D eigenvalue weighted by atomic mass is 10.0. The van der Waals surface area contributed by atoms with E-state index < -0.39 is 6.10 Å². The number of hydrogen-bond acceptors (Lipinski definition) is 6. The van der Waals surface area contributed by atoms with Crippen LogP contribution in [0.2, 0.25) is 0 Å². The molecule has 1 unspecified atom stereocenters. The van der Waals surface area contributed by atoms with Crippen LogP contribution in [0.15, 0.2) is 48.6 Å². The zero-order valence-corrected chi connectivity index (χ0v) is 51.0. The summed E-state index contributed by atoms with van der Waals surface area (Å²) in [4.78, 5) is 38.1. The lowest BCUT2D eigenvalue weighted by molar-refractivity contribution is -0.166. The molecule has 0 bridgehead atoms. The minimum Gasteiger partial charge on any atom is -0.462 e. The normalized spacial score (nSPS) is 12.3. The van der Waals surface area contributed by atoms with E-state index in [2.05, 4.69) is 63.3 Å². The fourth-order valence-electron chi connectivity index (χ4n) is 10.1. The summed E-state index contributed by atoms with van der Waals surface area (Å²) in [5.41, 5.74) is 0. The molecular formula is C70H128O6. The first kappa shape index (κ1) is 73.4.